The van der Waals surface area contributed by atoms with Gasteiger partial charge in [0.25, 0.3) is 0 Å². The van der Waals surface area contributed by atoms with E-state index in [1.165, 1.54) is 77.1 Å². The van der Waals surface area contributed by atoms with Gasteiger partial charge in [0.15, 0.2) is 0 Å². The Balaban J connectivity index is 1.23. The maximum atomic E-state index is 3.67. The second-order valence-corrected chi connectivity index (χ2v) is 11.1. The predicted molar refractivity (Wildman–Crippen MR) is 162 cm³/mol. The molecular formula is C37H27N. The van der Waals surface area contributed by atoms with E-state index in [4.69, 9.17) is 0 Å². The third-order valence-electron chi connectivity index (χ3n) is 8.60. The van der Waals surface area contributed by atoms with Gasteiger partial charge in [-0.15, -0.1) is 0 Å². The highest BCUT2D eigenvalue weighted by Gasteiger charge is 2.35. The fraction of sp³-hybridized carbons (Fsp3) is 0.0811. The van der Waals surface area contributed by atoms with E-state index < -0.39 is 0 Å². The number of aromatic amines is 1. The van der Waals surface area contributed by atoms with Gasteiger partial charge in [-0.2, -0.15) is 0 Å². The van der Waals surface area contributed by atoms with E-state index >= 15 is 0 Å². The van der Waals surface area contributed by atoms with Crippen molar-refractivity contribution in [2.75, 3.05) is 0 Å². The highest BCUT2D eigenvalue weighted by molar-refractivity contribution is 6.20. The van der Waals surface area contributed by atoms with Crippen molar-refractivity contribution in [3.05, 3.63) is 132 Å². The summed E-state index contributed by atoms with van der Waals surface area (Å²) in [6.45, 7) is 4.69. The molecule has 0 unspecified atom stereocenters. The third-order valence-corrected chi connectivity index (χ3v) is 8.60. The van der Waals surface area contributed by atoms with E-state index in [9.17, 15) is 0 Å². The molecule has 0 saturated carbocycles. The van der Waals surface area contributed by atoms with Gasteiger partial charge in [0.05, 0.1) is 0 Å². The maximum absolute atomic E-state index is 3.67. The van der Waals surface area contributed by atoms with Crippen molar-refractivity contribution < 1.29 is 0 Å². The van der Waals surface area contributed by atoms with Crippen LogP contribution in [0.4, 0.5) is 0 Å². The van der Waals surface area contributed by atoms with Crippen molar-refractivity contribution in [2.24, 2.45) is 0 Å². The van der Waals surface area contributed by atoms with Gasteiger partial charge in [-0.25, -0.2) is 0 Å². The molecule has 1 aliphatic rings. The van der Waals surface area contributed by atoms with Crippen molar-refractivity contribution in [1.82, 2.24) is 4.98 Å². The molecule has 0 amide bonds. The molecule has 0 bridgehead atoms. The summed E-state index contributed by atoms with van der Waals surface area (Å²) in [7, 11) is 0. The molecule has 0 spiro atoms. The summed E-state index contributed by atoms with van der Waals surface area (Å²) < 4.78 is 0. The lowest BCUT2D eigenvalue weighted by Crippen LogP contribution is -2.14. The number of benzene rings is 6. The normalized spacial score (nSPS) is 13.7. The fourth-order valence-electron chi connectivity index (χ4n) is 6.62. The van der Waals surface area contributed by atoms with E-state index in [2.05, 4.69) is 140 Å². The zero-order valence-corrected chi connectivity index (χ0v) is 21.5. The summed E-state index contributed by atoms with van der Waals surface area (Å²) in [4.78, 5) is 3.67. The van der Waals surface area contributed by atoms with Gasteiger partial charge < -0.3 is 4.98 Å². The van der Waals surface area contributed by atoms with Crippen molar-refractivity contribution in [3.63, 3.8) is 0 Å². The number of H-pyrrole nitrogens is 1. The van der Waals surface area contributed by atoms with Gasteiger partial charge in [0, 0.05) is 27.2 Å². The fourth-order valence-corrected chi connectivity index (χ4v) is 6.62. The first kappa shape index (κ1) is 21.5. The van der Waals surface area contributed by atoms with Gasteiger partial charge in [-0.05, 0) is 79.5 Å². The minimum absolute atomic E-state index is 0.00434. The Bertz CT molecular complexity index is 2050. The largest absolute Gasteiger partial charge is 0.354 e. The summed E-state index contributed by atoms with van der Waals surface area (Å²) in [5, 5.41) is 5.16. The first-order valence-electron chi connectivity index (χ1n) is 13.4. The van der Waals surface area contributed by atoms with E-state index in [-0.39, 0.29) is 5.41 Å². The first-order chi connectivity index (χ1) is 18.6. The van der Waals surface area contributed by atoms with Crippen LogP contribution in [0.2, 0.25) is 0 Å². The number of hydrogen-bond acceptors (Lipinski definition) is 0. The van der Waals surface area contributed by atoms with Crippen LogP contribution in [0.3, 0.4) is 0 Å². The molecule has 7 aromatic rings. The summed E-state index contributed by atoms with van der Waals surface area (Å²) in [5.74, 6) is 0. The number of nitrogens with one attached hydrogen (secondary N) is 1. The molecule has 0 saturated heterocycles. The van der Waals surface area contributed by atoms with Crippen molar-refractivity contribution in [2.45, 2.75) is 19.3 Å². The standard InChI is InChI=1S/C37H27N/c1-37(2)32-13-6-5-12-29(32)30-17-14-26(21-33(30)37)24-9-7-10-25(20-24)27-15-18-31-35(22-27)38-34-19-16-23-8-3-4-11-28(23)36(31)34/h3-22,38H,1-2H3. The second kappa shape index (κ2) is 7.69. The molecule has 6 aromatic carbocycles. The maximum Gasteiger partial charge on any atom is 0.0471 e. The van der Waals surface area contributed by atoms with Crippen molar-refractivity contribution in [3.8, 4) is 33.4 Å². The van der Waals surface area contributed by atoms with Crippen LogP contribution in [0.1, 0.15) is 25.0 Å². The molecule has 180 valence electrons. The smallest absolute Gasteiger partial charge is 0.0471 e. The minimum atomic E-state index is 0.00434. The molecule has 0 atom stereocenters. The summed E-state index contributed by atoms with van der Waals surface area (Å²) in [6.07, 6.45) is 0. The van der Waals surface area contributed by atoms with Crippen LogP contribution < -0.4 is 0 Å². The Labute approximate surface area is 222 Å². The molecule has 1 nitrogen and oxygen atoms in total. The highest BCUT2D eigenvalue weighted by Crippen LogP contribution is 2.49. The van der Waals surface area contributed by atoms with Gasteiger partial charge in [0.2, 0.25) is 0 Å². The van der Waals surface area contributed by atoms with Crippen LogP contribution in [0, 0.1) is 0 Å². The van der Waals surface area contributed by atoms with Crippen LogP contribution >= 0.6 is 0 Å². The summed E-state index contributed by atoms with van der Waals surface area (Å²) in [5.41, 5.74) is 12.9. The van der Waals surface area contributed by atoms with Crippen molar-refractivity contribution >= 4 is 32.6 Å². The minimum Gasteiger partial charge on any atom is -0.354 e. The van der Waals surface area contributed by atoms with Gasteiger partial charge in [0.1, 0.15) is 0 Å². The van der Waals surface area contributed by atoms with Gasteiger partial charge in [-0.1, -0.05) is 111 Å². The molecule has 38 heavy (non-hydrogen) atoms. The molecule has 0 aliphatic heterocycles. The molecule has 8 rings (SSSR count). The molecule has 1 heteroatoms. The molecule has 0 fully saturated rings. The zero-order chi connectivity index (χ0) is 25.4. The van der Waals surface area contributed by atoms with Crippen molar-refractivity contribution in [1.29, 1.82) is 0 Å². The lowest BCUT2D eigenvalue weighted by atomic mass is 9.81. The van der Waals surface area contributed by atoms with E-state index in [0.717, 1.165) is 0 Å². The SMILES string of the molecule is CC1(C)c2ccccc2-c2ccc(-c3cccc(-c4ccc5c(c4)[nH]c4ccc6ccccc6c45)c3)cc21. The zero-order valence-electron chi connectivity index (χ0n) is 21.5. The Hall–Kier alpha value is -4.62. The average Bonchev–Trinajstić information content (AvgIpc) is 3.45. The van der Waals surface area contributed by atoms with Gasteiger partial charge >= 0.3 is 0 Å². The predicted octanol–water partition coefficient (Wildman–Crippen LogP) is 10.1. The van der Waals surface area contributed by atoms with E-state index in [1.807, 2.05) is 0 Å². The summed E-state index contributed by atoms with van der Waals surface area (Å²) >= 11 is 0. The van der Waals surface area contributed by atoms with Crippen LogP contribution in [-0.4, -0.2) is 4.98 Å². The Kier molecular flexibility index (Phi) is 4.35. The van der Waals surface area contributed by atoms with Crippen LogP contribution in [0.25, 0.3) is 66.0 Å². The number of rotatable bonds is 2. The number of hydrogen-bond donors (Lipinski definition) is 1. The molecule has 1 aromatic heterocycles. The Morgan fingerprint density at radius 3 is 2.08 bits per heavy atom. The number of aromatic nitrogens is 1. The quantitative estimate of drug-likeness (QED) is 0.251. The Morgan fingerprint density at radius 1 is 0.474 bits per heavy atom. The average molecular weight is 486 g/mol. The number of fused-ring (bicyclic) bond motifs is 8. The van der Waals surface area contributed by atoms with E-state index in [0.29, 0.717) is 0 Å². The molecule has 1 aliphatic carbocycles. The molecule has 1 N–H and O–H groups in total. The topological polar surface area (TPSA) is 15.8 Å². The molecule has 1 heterocycles. The summed E-state index contributed by atoms with van der Waals surface area (Å²) in [6, 6.07) is 44.7. The highest BCUT2D eigenvalue weighted by atomic mass is 14.7. The van der Waals surface area contributed by atoms with E-state index in [1.54, 1.807) is 0 Å². The lowest BCUT2D eigenvalue weighted by Gasteiger charge is -2.22. The molecule has 0 radical (unpaired) electrons. The second-order valence-electron chi connectivity index (χ2n) is 11.1. The Morgan fingerprint density at radius 2 is 1.18 bits per heavy atom. The van der Waals surface area contributed by atoms with Gasteiger partial charge in [-0.3, -0.25) is 0 Å². The van der Waals surface area contributed by atoms with Crippen LogP contribution in [0.15, 0.2) is 121 Å². The van der Waals surface area contributed by atoms with Crippen LogP contribution in [-0.2, 0) is 5.41 Å². The molecular weight excluding hydrogens is 458 g/mol. The first-order valence-corrected chi connectivity index (χ1v) is 13.4. The lowest BCUT2D eigenvalue weighted by molar-refractivity contribution is 0.660. The monoisotopic (exact) mass is 485 g/mol. The third kappa shape index (κ3) is 2.99. The van der Waals surface area contributed by atoms with Crippen LogP contribution in [0.5, 0.6) is 0 Å².